The molecular weight excluding hydrogens is 375 g/mol. The number of nitro groups is 1. The molecule has 156 valence electrons. The van der Waals surface area contributed by atoms with Crippen LogP contribution in [0.5, 0.6) is 0 Å². The molecule has 3 rings (SSSR count). The first-order valence-electron chi connectivity index (χ1n) is 9.99. The Kier molecular flexibility index (Phi) is 6.79. The largest absolute Gasteiger partial charge is 0.377 e. The Morgan fingerprint density at radius 2 is 2.00 bits per heavy atom. The Morgan fingerprint density at radius 3 is 2.66 bits per heavy atom. The van der Waals surface area contributed by atoms with Gasteiger partial charge in [-0.25, -0.2) is 4.39 Å². The zero-order valence-corrected chi connectivity index (χ0v) is 16.8. The highest BCUT2D eigenvalue weighted by Crippen LogP contribution is 2.34. The molecule has 6 nitrogen and oxygen atoms in total. The minimum Gasteiger partial charge on any atom is -0.377 e. The van der Waals surface area contributed by atoms with E-state index >= 15 is 0 Å². The molecule has 1 aromatic carbocycles. The summed E-state index contributed by atoms with van der Waals surface area (Å²) in [4.78, 5) is 23.2. The maximum Gasteiger partial charge on any atom is 0.254 e. The SMILES string of the molecule is Cc1cc(C(COC2CCC(c3cccc(F)c3)CC2)C[N+](=O)[O-])c(=O)n(C)c1. The normalized spacial score (nSPS) is 20.4. The molecule has 0 radical (unpaired) electrons. The molecule has 1 unspecified atom stereocenters. The van der Waals surface area contributed by atoms with Crippen LogP contribution in [0.25, 0.3) is 0 Å². The molecule has 29 heavy (non-hydrogen) atoms. The van der Waals surface area contributed by atoms with Crippen LogP contribution in [0.2, 0.25) is 0 Å². The summed E-state index contributed by atoms with van der Waals surface area (Å²) in [6.45, 7) is 1.67. The molecule has 1 heterocycles. The van der Waals surface area contributed by atoms with Crippen LogP contribution in [0.1, 0.15) is 54.2 Å². The zero-order valence-electron chi connectivity index (χ0n) is 16.8. The Balaban J connectivity index is 1.62. The molecule has 1 fully saturated rings. The average molecular weight is 402 g/mol. The third-order valence-electron chi connectivity index (χ3n) is 5.68. The van der Waals surface area contributed by atoms with Gasteiger partial charge in [-0.1, -0.05) is 12.1 Å². The molecule has 7 heteroatoms. The summed E-state index contributed by atoms with van der Waals surface area (Å²) in [6, 6.07) is 8.45. The molecule has 1 atom stereocenters. The summed E-state index contributed by atoms with van der Waals surface area (Å²) in [6.07, 6.45) is 5.13. The molecule has 1 aliphatic rings. The van der Waals surface area contributed by atoms with E-state index in [2.05, 4.69) is 0 Å². The zero-order chi connectivity index (χ0) is 21.0. The van der Waals surface area contributed by atoms with E-state index in [0.29, 0.717) is 11.5 Å². The monoisotopic (exact) mass is 402 g/mol. The summed E-state index contributed by atoms with van der Waals surface area (Å²) in [5, 5.41) is 11.2. The van der Waals surface area contributed by atoms with Crippen molar-refractivity contribution in [1.82, 2.24) is 4.57 Å². The van der Waals surface area contributed by atoms with Crippen LogP contribution in [0, 0.1) is 22.9 Å². The fourth-order valence-corrected chi connectivity index (χ4v) is 4.20. The number of rotatable bonds is 7. The fourth-order valence-electron chi connectivity index (χ4n) is 4.20. The highest BCUT2D eigenvalue weighted by Gasteiger charge is 2.27. The Bertz CT molecular complexity index is 919. The van der Waals surface area contributed by atoms with E-state index in [0.717, 1.165) is 36.8 Å². The maximum absolute atomic E-state index is 13.5. The molecule has 0 bridgehead atoms. The summed E-state index contributed by atoms with van der Waals surface area (Å²) >= 11 is 0. The quantitative estimate of drug-likeness (QED) is 0.519. The summed E-state index contributed by atoms with van der Waals surface area (Å²) in [5.41, 5.74) is 2.10. The predicted octanol–water partition coefficient (Wildman–Crippen LogP) is 3.94. The van der Waals surface area contributed by atoms with Crippen LogP contribution in [0.4, 0.5) is 4.39 Å². The summed E-state index contributed by atoms with van der Waals surface area (Å²) in [7, 11) is 1.65. The van der Waals surface area contributed by atoms with E-state index in [9.17, 15) is 19.3 Å². The van der Waals surface area contributed by atoms with Crippen molar-refractivity contribution in [2.24, 2.45) is 7.05 Å². The number of benzene rings is 1. The Labute approximate surface area is 169 Å². The summed E-state index contributed by atoms with van der Waals surface area (Å²) in [5.74, 6) is -0.489. The molecular formula is C22H27FN2O4. The first-order valence-corrected chi connectivity index (χ1v) is 9.99. The first-order chi connectivity index (χ1) is 13.8. The lowest BCUT2D eigenvalue weighted by atomic mass is 9.82. The van der Waals surface area contributed by atoms with Gasteiger partial charge in [-0.2, -0.15) is 0 Å². The number of ether oxygens (including phenoxy) is 1. The van der Waals surface area contributed by atoms with Crippen molar-refractivity contribution in [2.45, 2.75) is 50.5 Å². The van der Waals surface area contributed by atoms with Crippen molar-refractivity contribution in [3.63, 3.8) is 0 Å². The van der Waals surface area contributed by atoms with E-state index < -0.39 is 10.8 Å². The van der Waals surface area contributed by atoms with E-state index in [1.807, 2.05) is 13.0 Å². The number of aryl methyl sites for hydroxylation is 2. The van der Waals surface area contributed by atoms with Gasteiger partial charge in [0.2, 0.25) is 6.54 Å². The average Bonchev–Trinajstić information content (AvgIpc) is 2.68. The van der Waals surface area contributed by atoms with Crippen molar-refractivity contribution >= 4 is 0 Å². The van der Waals surface area contributed by atoms with Gasteiger partial charge in [0.15, 0.2) is 0 Å². The van der Waals surface area contributed by atoms with Crippen LogP contribution in [-0.2, 0) is 11.8 Å². The molecule has 2 aromatic rings. The second kappa shape index (κ2) is 9.31. The van der Waals surface area contributed by atoms with Gasteiger partial charge < -0.3 is 9.30 Å². The van der Waals surface area contributed by atoms with Gasteiger partial charge in [-0.3, -0.25) is 14.9 Å². The minimum absolute atomic E-state index is 0.00252. The third-order valence-corrected chi connectivity index (χ3v) is 5.68. The smallest absolute Gasteiger partial charge is 0.254 e. The number of aromatic nitrogens is 1. The highest BCUT2D eigenvalue weighted by molar-refractivity contribution is 5.23. The standard InChI is InChI=1S/C22H27FN2O4/c1-15-10-21(22(26)24(2)12-15)18(13-25(27)28)14-29-20-8-6-16(7-9-20)17-4-3-5-19(23)11-17/h3-5,10-12,16,18,20H,6-9,13-14H2,1-2H3. The lowest BCUT2D eigenvalue weighted by Gasteiger charge is -2.29. The van der Waals surface area contributed by atoms with Crippen molar-refractivity contribution in [3.8, 4) is 0 Å². The van der Waals surface area contributed by atoms with Crippen molar-refractivity contribution in [3.05, 3.63) is 79.5 Å². The third kappa shape index (κ3) is 5.50. The molecule has 0 amide bonds. The Morgan fingerprint density at radius 1 is 1.28 bits per heavy atom. The fraction of sp³-hybridized carbons (Fsp3) is 0.500. The molecule has 0 saturated heterocycles. The molecule has 0 spiro atoms. The van der Waals surface area contributed by atoms with Crippen molar-refractivity contribution in [1.29, 1.82) is 0 Å². The van der Waals surface area contributed by atoms with Gasteiger partial charge in [0.05, 0.1) is 18.6 Å². The number of pyridine rings is 1. The molecule has 1 aromatic heterocycles. The van der Waals surface area contributed by atoms with Gasteiger partial charge in [0.25, 0.3) is 5.56 Å². The maximum atomic E-state index is 13.5. The van der Waals surface area contributed by atoms with Crippen LogP contribution in [0.3, 0.4) is 0 Å². The number of hydrogen-bond donors (Lipinski definition) is 0. The molecule has 1 saturated carbocycles. The number of hydrogen-bond acceptors (Lipinski definition) is 4. The minimum atomic E-state index is -0.579. The lowest BCUT2D eigenvalue weighted by Crippen LogP contribution is -2.30. The van der Waals surface area contributed by atoms with Crippen LogP contribution >= 0.6 is 0 Å². The van der Waals surface area contributed by atoms with Gasteiger partial charge in [-0.15, -0.1) is 0 Å². The van der Waals surface area contributed by atoms with Gasteiger partial charge in [0.1, 0.15) is 5.82 Å². The van der Waals surface area contributed by atoms with E-state index in [4.69, 9.17) is 4.74 Å². The first kappa shape index (κ1) is 21.2. The molecule has 0 N–H and O–H groups in total. The topological polar surface area (TPSA) is 74.4 Å². The van der Waals surface area contributed by atoms with E-state index in [-0.39, 0.29) is 30.6 Å². The highest BCUT2D eigenvalue weighted by atomic mass is 19.1. The number of halogens is 1. The van der Waals surface area contributed by atoms with Crippen LogP contribution in [0.15, 0.2) is 41.3 Å². The van der Waals surface area contributed by atoms with Crippen molar-refractivity contribution in [2.75, 3.05) is 13.2 Å². The van der Waals surface area contributed by atoms with Gasteiger partial charge >= 0.3 is 0 Å². The van der Waals surface area contributed by atoms with Crippen LogP contribution in [-0.4, -0.2) is 28.7 Å². The second-order valence-corrected chi connectivity index (χ2v) is 7.96. The molecule has 1 aliphatic carbocycles. The lowest BCUT2D eigenvalue weighted by molar-refractivity contribution is -0.484. The number of nitrogens with zero attached hydrogens (tertiary/aromatic N) is 2. The van der Waals surface area contributed by atoms with Crippen molar-refractivity contribution < 1.29 is 14.1 Å². The van der Waals surface area contributed by atoms with Gasteiger partial charge in [0, 0.05) is 23.7 Å². The second-order valence-electron chi connectivity index (χ2n) is 7.96. The van der Waals surface area contributed by atoms with E-state index in [1.54, 1.807) is 31.4 Å². The molecule has 0 aliphatic heterocycles. The van der Waals surface area contributed by atoms with E-state index in [1.165, 1.54) is 10.6 Å². The summed E-state index contributed by atoms with van der Waals surface area (Å²) < 4.78 is 20.9. The predicted molar refractivity (Wildman–Crippen MR) is 108 cm³/mol. The Hall–Kier alpha value is -2.54. The van der Waals surface area contributed by atoms with Gasteiger partial charge in [-0.05, 0) is 67.9 Å². The van der Waals surface area contributed by atoms with Crippen LogP contribution < -0.4 is 5.56 Å².